The van der Waals surface area contributed by atoms with Gasteiger partial charge in [-0.25, -0.2) is 5.01 Å². The number of nitrogens with zero attached hydrogens (tertiary/aromatic N) is 3. The Balaban J connectivity index is 1.43. The maximum atomic E-state index is 12.6. The summed E-state index contributed by atoms with van der Waals surface area (Å²) in [5.41, 5.74) is 5.42. The van der Waals surface area contributed by atoms with Crippen molar-refractivity contribution in [3.05, 3.63) is 64.8 Å². The van der Waals surface area contributed by atoms with E-state index in [4.69, 9.17) is 9.47 Å². The third kappa shape index (κ3) is 4.64. The Labute approximate surface area is 183 Å². The molecule has 0 spiro atoms. The van der Waals surface area contributed by atoms with E-state index in [1.54, 1.807) is 13.3 Å². The van der Waals surface area contributed by atoms with Crippen molar-refractivity contribution in [2.75, 3.05) is 26.9 Å². The topological polar surface area (TPSA) is 56.1 Å². The van der Waals surface area contributed by atoms with Crippen LogP contribution in [0.1, 0.15) is 34.6 Å². The van der Waals surface area contributed by atoms with E-state index >= 15 is 0 Å². The molecule has 1 atom stereocenters. The molecule has 1 aliphatic heterocycles. The second-order valence-corrected chi connectivity index (χ2v) is 8.26. The number of aryl methyl sites for hydroxylation is 3. The first-order valence-corrected chi connectivity index (χ1v) is 10.6. The molecular formula is C25H29N3O3. The van der Waals surface area contributed by atoms with Crippen LogP contribution in [0.3, 0.4) is 0 Å². The van der Waals surface area contributed by atoms with E-state index in [-0.39, 0.29) is 12.5 Å². The zero-order valence-corrected chi connectivity index (χ0v) is 18.6. The van der Waals surface area contributed by atoms with E-state index in [1.165, 1.54) is 16.0 Å². The summed E-state index contributed by atoms with van der Waals surface area (Å²) < 4.78 is 13.6. The molecule has 2 heterocycles. The molecule has 31 heavy (non-hydrogen) atoms. The van der Waals surface area contributed by atoms with Crippen molar-refractivity contribution in [1.82, 2.24) is 9.58 Å². The quantitative estimate of drug-likeness (QED) is 0.445. The Morgan fingerprint density at radius 2 is 2.13 bits per heavy atom. The highest BCUT2D eigenvalue weighted by Gasteiger charge is 2.23. The molecule has 0 radical (unpaired) electrons. The first-order valence-electron chi connectivity index (χ1n) is 10.6. The summed E-state index contributed by atoms with van der Waals surface area (Å²) in [4.78, 5) is 12.6. The van der Waals surface area contributed by atoms with Gasteiger partial charge in [0.2, 0.25) is 0 Å². The zero-order valence-electron chi connectivity index (χ0n) is 18.6. The molecule has 1 fully saturated rings. The lowest BCUT2D eigenvalue weighted by Gasteiger charge is -2.19. The number of benzene rings is 2. The molecule has 0 saturated carbocycles. The minimum absolute atomic E-state index is 0.0604. The summed E-state index contributed by atoms with van der Waals surface area (Å²) in [6, 6.07) is 12.4. The fourth-order valence-electron chi connectivity index (χ4n) is 4.07. The lowest BCUT2D eigenvalue weighted by atomic mass is 9.93. The minimum Gasteiger partial charge on any atom is -0.483 e. The molecule has 6 heteroatoms. The standard InChI is InChI=1S/C25H29N3O3/c1-17-11-18(2)25(22(12-17)21-8-10-30-15-21)31-16-24(29)28(4)26-14-19-5-6-20-7-9-27(3)23(20)13-19/h5-7,9,11-14,21H,8,10,15-16H2,1-4H3. The fourth-order valence-corrected chi connectivity index (χ4v) is 4.07. The molecule has 0 bridgehead atoms. The van der Waals surface area contributed by atoms with Crippen LogP contribution in [0, 0.1) is 13.8 Å². The second kappa shape index (κ2) is 8.94. The zero-order chi connectivity index (χ0) is 22.0. The monoisotopic (exact) mass is 419 g/mol. The Kier molecular flexibility index (Phi) is 6.09. The molecule has 1 amide bonds. The van der Waals surface area contributed by atoms with E-state index in [9.17, 15) is 4.79 Å². The number of hydrogen-bond donors (Lipinski definition) is 0. The van der Waals surface area contributed by atoms with Gasteiger partial charge in [0.25, 0.3) is 5.91 Å². The highest BCUT2D eigenvalue weighted by atomic mass is 16.5. The van der Waals surface area contributed by atoms with E-state index in [0.717, 1.165) is 41.0 Å². The van der Waals surface area contributed by atoms with Gasteiger partial charge in [0.1, 0.15) is 5.75 Å². The average molecular weight is 420 g/mol. The molecule has 162 valence electrons. The number of fused-ring (bicyclic) bond motifs is 1. The normalized spacial score (nSPS) is 16.3. The van der Waals surface area contributed by atoms with Crippen molar-refractivity contribution in [3.8, 4) is 5.75 Å². The number of hydrogen-bond acceptors (Lipinski definition) is 4. The summed E-state index contributed by atoms with van der Waals surface area (Å²) in [5, 5.41) is 6.82. The Bertz CT molecular complexity index is 1130. The van der Waals surface area contributed by atoms with Crippen LogP contribution in [-0.4, -0.2) is 48.6 Å². The van der Waals surface area contributed by atoms with Crippen LogP contribution >= 0.6 is 0 Å². The summed E-state index contributed by atoms with van der Waals surface area (Å²) in [5.74, 6) is 0.901. The fraction of sp³-hybridized carbons (Fsp3) is 0.360. The SMILES string of the molecule is Cc1cc(C)c(OCC(=O)N(C)N=Cc2ccc3ccn(C)c3c2)c(C2CCOC2)c1. The number of ether oxygens (including phenoxy) is 2. The lowest BCUT2D eigenvalue weighted by Crippen LogP contribution is -2.27. The number of carbonyl (C=O) groups is 1. The predicted molar refractivity (Wildman–Crippen MR) is 123 cm³/mol. The van der Waals surface area contributed by atoms with Crippen LogP contribution in [0.25, 0.3) is 10.9 Å². The molecule has 2 aromatic carbocycles. The van der Waals surface area contributed by atoms with E-state index in [0.29, 0.717) is 12.5 Å². The summed E-state index contributed by atoms with van der Waals surface area (Å²) >= 11 is 0. The van der Waals surface area contributed by atoms with Crippen molar-refractivity contribution >= 4 is 23.0 Å². The van der Waals surface area contributed by atoms with Gasteiger partial charge in [-0.1, -0.05) is 29.8 Å². The maximum Gasteiger partial charge on any atom is 0.280 e. The van der Waals surface area contributed by atoms with Gasteiger partial charge < -0.3 is 14.0 Å². The van der Waals surface area contributed by atoms with Crippen molar-refractivity contribution in [2.24, 2.45) is 12.1 Å². The molecule has 6 nitrogen and oxygen atoms in total. The number of hydrazone groups is 1. The number of aromatic nitrogens is 1. The van der Waals surface area contributed by atoms with Crippen LogP contribution < -0.4 is 4.74 Å². The highest BCUT2D eigenvalue weighted by Crippen LogP contribution is 2.35. The van der Waals surface area contributed by atoms with Crippen molar-refractivity contribution in [1.29, 1.82) is 0 Å². The smallest absolute Gasteiger partial charge is 0.280 e. The molecule has 1 aromatic heterocycles. The Hall–Kier alpha value is -3.12. The number of amides is 1. The minimum atomic E-state index is -0.204. The average Bonchev–Trinajstić information content (AvgIpc) is 3.41. The largest absolute Gasteiger partial charge is 0.483 e. The third-order valence-corrected chi connectivity index (χ3v) is 5.81. The summed E-state index contributed by atoms with van der Waals surface area (Å²) in [6.07, 6.45) is 4.70. The molecule has 1 unspecified atom stereocenters. The van der Waals surface area contributed by atoms with Crippen molar-refractivity contribution in [2.45, 2.75) is 26.2 Å². The number of rotatable bonds is 6. The highest BCUT2D eigenvalue weighted by molar-refractivity contribution is 5.89. The molecule has 3 aromatic rings. The van der Waals surface area contributed by atoms with Crippen molar-refractivity contribution in [3.63, 3.8) is 0 Å². The molecule has 0 N–H and O–H groups in total. The first-order chi connectivity index (χ1) is 14.9. The molecular weight excluding hydrogens is 390 g/mol. The van der Waals surface area contributed by atoms with Gasteiger partial charge in [-0.3, -0.25) is 4.79 Å². The first kappa shape index (κ1) is 21.1. The van der Waals surface area contributed by atoms with Gasteiger partial charge in [-0.15, -0.1) is 0 Å². The van der Waals surface area contributed by atoms with E-state index in [2.05, 4.69) is 46.9 Å². The van der Waals surface area contributed by atoms with Gasteiger partial charge in [0.15, 0.2) is 6.61 Å². The van der Waals surface area contributed by atoms with Crippen LogP contribution in [-0.2, 0) is 16.6 Å². The van der Waals surface area contributed by atoms with Gasteiger partial charge in [0, 0.05) is 43.9 Å². The Morgan fingerprint density at radius 3 is 2.90 bits per heavy atom. The summed E-state index contributed by atoms with van der Waals surface area (Å²) in [7, 11) is 3.66. The van der Waals surface area contributed by atoms with Gasteiger partial charge in [-0.2, -0.15) is 5.10 Å². The number of carbonyl (C=O) groups excluding carboxylic acids is 1. The number of likely N-dealkylation sites (N-methyl/N-ethyl adjacent to an activating group) is 1. The molecule has 1 saturated heterocycles. The van der Waals surface area contributed by atoms with E-state index < -0.39 is 0 Å². The Morgan fingerprint density at radius 1 is 1.29 bits per heavy atom. The molecule has 4 rings (SSSR count). The van der Waals surface area contributed by atoms with Gasteiger partial charge in [0.05, 0.1) is 12.8 Å². The predicted octanol–water partition coefficient (Wildman–Crippen LogP) is 4.17. The maximum absolute atomic E-state index is 12.6. The second-order valence-electron chi connectivity index (χ2n) is 8.26. The van der Waals surface area contributed by atoms with Gasteiger partial charge >= 0.3 is 0 Å². The third-order valence-electron chi connectivity index (χ3n) is 5.81. The van der Waals surface area contributed by atoms with Crippen LogP contribution in [0.4, 0.5) is 0 Å². The lowest BCUT2D eigenvalue weighted by molar-refractivity contribution is -0.132. The molecule has 1 aliphatic rings. The van der Waals surface area contributed by atoms with Gasteiger partial charge in [-0.05, 0) is 48.9 Å². The van der Waals surface area contributed by atoms with Crippen LogP contribution in [0.5, 0.6) is 5.75 Å². The van der Waals surface area contributed by atoms with Crippen LogP contribution in [0.15, 0.2) is 47.7 Å². The van der Waals surface area contributed by atoms with Crippen LogP contribution in [0.2, 0.25) is 0 Å². The summed E-state index contributed by atoms with van der Waals surface area (Å²) in [6.45, 7) is 5.50. The van der Waals surface area contributed by atoms with E-state index in [1.807, 2.05) is 26.2 Å². The van der Waals surface area contributed by atoms with Crippen molar-refractivity contribution < 1.29 is 14.3 Å². The molecule has 0 aliphatic carbocycles.